The number of benzene rings is 10. The molecule has 70 heavy (non-hydrogen) atoms. The number of nitriles is 2. The van der Waals surface area contributed by atoms with Gasteiger partial charge in [0.1, 0.15) is 51.2 Å². The van der Waals surface area contributed by atoms with E-state index in [1.165, 1.54) is 0 Å². The van der Waals surface area contributed by atoms with E-state index in [2.05, 4.69) is 117 Å². The molecule has 0 unspecified atom stereocenters. The van der Waals surface area contributed by atoms with E-state index in [0.717, 1.165) is 131 Å². The topological polar surface area (TPSA) is 102 Å². The molecule has 322 valence electrons. The van der Waals surface area contributed by atoms with Gasteiger partial charge in [-0.05, 0) is 78.9 Å². The summed E-state index contributed by atoms with van der Waals surface area (Å²) in [5, 5.41) is 35.8. The number of para-hydroxylation sites is 6. The SMILES string of the molecule is N#Cc1cc(-n2c3ccccc3c3cc4oc5ccccc5c4cc32)c(C#N)c(-n2c3ccccc3c3cc4oc5ccccc5c4cc32)c1-n1c2ccccc2c2cc3oc4ccccc4c3cc21. The zero-order valence-electron chi connectivity index (χ0n) is 36.9. The van der Waals surface area contributed by atoms with Gasteiger partial charge >= 0.3 is 0 Å². The van der Waals surface area contributed by atoms with Crippen molar-refractivity contribution in [2.24, 2.45) is 0 Å². The van der Waals surface area contributed by atoms with Gasteiger partial charge in [0.15, 0.2) is 0 Å². The Morgan fingerprint density at radius 1 is 0.286 bits per heavy atom. The van der Waals surface area contributed by atoms with Crippen LogP contribution >= 0.6 is 0 Å². The van der Waals surface area contributed by atoms with Crippen molar-refractivity contribution in [3.63, 3.8) is 0 Å². The molecule has 0 aliphatic rings. The second kappa shape index (κ2) is 13.3. The summed E-state index contributed by atoms with van der Waals surface area (Å²) in [6.45, 7) is 0. The summed E-state index contributed by atoms with van der Waals surface area (Å²) >= 11 is 0. The molecule has 8 heteroatoms. The van der Waals surface area contributed by atoms with Gasteiger partial charge in [-0.2, -0.15) is 10.5 Å². The van der Waals surface area contributed by atoms with Crippen LogP contribution < -0.4 is 0 Å². The first-order chi connectivity index (χ1) is 34.6. The first-order valence-electron chi connectivity index (χ1n) is 23.2. The van der Waals surface area contributed by atoms with Crippen molar-refractivity contribution in [2.45, 2.75) is 0 Å². The molecule has 0 aliphatic heterocycles. The van der Waals surface area contributed by atoms with Crippen molar-refractivity contribution >= 4 is 131 Å². The molecule has 6 heterocycles. The molecule has 0 saturated heterocycles. The lowest BCUT2D eigenvalue weighted by atomic mass is 10.0. The van der Waals surface area contributed by atoms with Gasteiger partial charge in [0.25, 0.3) is 0 Å². The average molecular weight is 894 g/mol. The summed E-state index contributed by atoms with van der Waals surface area (Å²) in [7, 11) is 0. The minimum atomic E-state index is 0.394. The smallest absolute Gasteiger partial charge is 0.136 e. The van der Waals surface area contributed by atoms with E-state index in [-0.39, 0.29) is 0 Å². The molecule has 0 atom stereocenters. The van der Waals surface area contributed by atoms with Crippen molar-refractivity contribution in [3.8, 4) is 29.2 Å². The summed E-state index contributed by atoms with van der Waals surface area (Å²) in [5.41, 5.74) is 12.6. The molecule has 6 aromatic heterocycles. The van der Waals surface area contributed by atoms with E-state index < -0.39 is 0 Å². The van der Waals surface area contributed by atoms with Crippen LogP contribution in [0.3, 0.4) is 0 Å². The van der Waals surface area contributed by atoms with Crippen LogP contribution in [-0.2, 0) is 0 Å². The van der Waals surface area contributed by atoms with E-state index in [1.807, 2.05) is 97.1 Å². The van der Waals surface area contributed by atoms with Gasteiger partial charge in [0.05, 0.1) is 55.7 Å². The van der Waals surface area contributed by atoms with Gasteiger partial charge in [-0.15, -0.1) is 0 Å². The highest BCUT2D eigenvalue weighted by Gasteiger charge is 2.30. The summed E-state index contributed by atoms with van der Waals surface area (Å²) < 4.78 is 26.0. The maximum absolute atomic E-state index is 12.2. The number of fused-ring (bicyclic) bond motifs is 18. The maximum atomic E-state index is 12.2. The molecular formula is C62H31N5O3. The largest absolute Gasteiger partial charge is 0.456 e. The molecule has 0 amide bonds. The molecular weight excluding hydrogens is 863 g/mol. The van der Waals surface area contributed by atoms with E-state index >= 15 is 0 Å². The van der Waals surface area contributed by atoms with Crippen molar-refractivity contribution in [2.75, 3.05) is 0 Å². The quantitative estimate of drug-likeness (QED) is 0.176. The molecule has 0 saturated carbocycles. The number of furan rings is 3. The molecule has 10 aromatic carbocycles. The third-order valence-corrected chi connectivity index (χ3v) is 14.7. The van der Waals surface area contributed by atoms with E-state index in [9.17, 15) is 10.5 Å². The Bertz CT molecular complexity index is 5110. The van der Waals surface area contributed by atoms with Crippen molar-refractivity contribution in [1.29, 1.82) is 10.5 Å². The first-order valence-corrected chi connectivity index (χ1v) is 23.2. The predicted octanol–water partition coefficient (Wildman–Crippen LogP) is 16.4. The fraction of sp³-hybridized carbons (Fsp3) is 0. The van der Waals surface area contributed by atoms with Crippen molar-refractivity contribution in [3.05, 3.63) is 199 Å². The number of aromatic nitrogens is 3. The van der Waals surface area contributed by atoms with Gasteiger partial charge in [-0.25, -0.2) is 0 Å². The lowest BCUT2D eigenvalue weighted by molar-refractivity contribution is 0.669. The Balaban J connectivity index is 1.13. The Morgan fingerprint density at radius 2 is 0.643 bits per heavy atom. The van der Waals surface area contributed by atoms with Gasteiger partial charge in [0.2, 0.25) is 0 Å². The molecule has 0 bridgehead atoms. The molecule has 8 nitrogen and oxygen atoms in total. The lowest BCUT2D eigenvalue weighted by Crippen LogP contribution is -2.12. The van der Waals surface area contributed by atoms with Gasteiger partial charge in [-0.3, -0.25) is 0 Å². The standard InChI is InChI=1S/C62H31N5O3/c63-32-34-25-51(65-48-19-7-1-13-35(48)41-29-58-44(26-52(41)65)38-16-4-10-22-55(38)68-58)47(33-64)62(67-50-21-9-3-15-37(50)43-31-60-46(28-54(43)67)40-18-6-12-24-57(40)70-60)61(34)66-49-20-8-2-14-36(49)42-30-59-45(27-53(42)66)39-17-5-11-23-56(39)69-59/h1-31H. The highest BCUT2D eigenvalue weighted by molar-refractivity contribution is 6.21. The van der Waals surface area contributed by atoms with Crippen LogP contribution in [0.1, 0.15) is 11.1 Å². The van der Waals surface area contributed by atoms with Gasteiger partial charge in [-0.1, -0.05) is 109 Å². The average Bonchev–Trinajstić information content (AvgIpc) is 4.25. The minimum absolute atomic E-state index is 0.394. The third kappa shape index (κ3) is 4.71. The van der Waals surface area contributed by atoms with Crippen LogP contribution in [0.5, 0.6) is 0 Å². The Morgan fingerprint density at radius 3 is 1.06 bits per heavy atom. The summed E-state index contributed by atoms with van der Waals surface area (Å²) in [5.74, 6) is 0. The van der Waals surface area contributed by atoms with Crippen LogP contribution in [0.2, 0.25) is 0 Å². The lowest BCUT2D eigenvalue weighted by Gasteiger charge is -2.22. The molecule has 0 aliphatic carbocycles. The normalized spacial score (nSPS) is 12.3. The fourth-order valence-corrected chi connectivity index (χ4v) is 11.8. The summed E-state index contributed by atoms with van der Waals surface area (Å²) in [4.78, 5) is 0. The number of hydrogen-bond acceptors (Lipinski definition) is 5. The zero-order chi connectivity index (χ0) is 45.9. The molecule has 0 radical (unpaired) electrons. The van der Waals surface area contributed by atoms with E-state index in [0.29, 0.717) is 28.2 Å². The van der Waals surface area contributed by atoms with Crippen LogP contribution in [0.25, 0.3) is 148 Å². The third-order valence-electron chi connectivity index (χ3n) is 14.7. The second-order valence-corrected chi connectivity index (χ2v) is 18.2. The summed E-state index contributed by atoms with van der Waals surface area (Å²) in [6, 6.07) is 69.5. The minimum Gasteiger partial charge on any atom is -0.456 e. The highest BCUT2D eigenvalue weighted by Crippen LogP contribution is 2.47. The molecule has 0 N–H and O–H groups in total. The highest BCUT2D eigenvalue weighted by atomic mass is 16.3. The van der Waals surface area contributed by atoms with Crippen molar-refractivity contribution < 1.29 is 13.3 Å². The van der Waals surface area contributed by atoms with Gasteiger partial charge < -0.3 is 27.0 Å². The van der Waals surface area contributed by atoms with Crippen LogP contribution in [0.4, 0.5) is 0 Å². The van der Waals surface area contributed by atoms with E-state index in [4.69, 9.17) is 13.3 Å². The Labute approximate surface area is 395 Å². The monoisotopic (exact) mass is 893 g/mol. The maximum Gasteiger partial charge on any atom is 0.136 e. The number of rotatable bonds is 3. The number of nitrogens with zero attached hydrogens (tertiary/aromatic N) is 5. The van der Waals surface area contributed by atoms with Crippen LogP contribution in [0, 0.1) is 22.7 Å². The first kappa shape index (κ1) is 37.1. The molecule has 16 aromatic rings. The number of hydrogen-bond donors (Lipinski definition) is 0. The Hall–Kier alpha value is -10.0. The predicted molar refractivity (Wildman–Crippen MR) is 281 cm³/mol. The second-order valence-electron chi connectivity index (χ2n) is 18.2. The van der Waals surface area contributed by atoms with Crippen molar-refractivity contribution in [1.82, 2.24) is 13.7 Å². The Kier molecular flexibility index (Phi) is 7.06. The fourth-order valence-electron chi connectivity index (χ4n) is 11.8. The van der Waals surface area contributed by atoms with E-state index in [1.54, 1.807) is 0 Å². The molecule has 16 rings (SSSR count). The molecule has 0 fully saturated rings. The van der Waals surface area contributed by atoms with Gasteiger partial charge in [0, 0.05) is 64.6 Å². The van der Waals surface area contributed by atoms with Crippen LogP contribution in [0.15, 0.2) is 201 Å². The zero-order valence-corrected chi connectivity index (χ0v) is 36.9. The summed E-state index contributed by atoms with van der Waals surface area (Å²) in [6.07, 6.45) is 0. The van der Waals surface area contributed by atoms with Crippen LogP contribution in [-0.4, -0.2) is 13.7 Å². The molecule has 0 spiro atoms.